The fourth-order valence-electron chi connectivity index (χ4n) is 1.47. The number of benzene rings is 1. The van der Waals surface area contributed by atoms with Crippen LogP contribution in [0.3, 0.4) is 0 Å². The lowest BCUT2D eigenvalue weighted by Gasteiger charge is -2.05. The van der Waals surface area contributed by atoms with Crippen molar-refractivity contribution >= 4 is 50.5 Å². The van der Waals surface area contributed by atoms with Crippen LogP contribution in [0, 0.1) is 0 Å². The predicted octanol–water partition coefficient (Wildman–Crippen LogP) is 3.72. The van der Waals surface area contributed by atoms with Gasteiger partial charge in [0.15, 0.2) is 0 Å². The van der Waals surface area contributed by atoms with Gasteiger partial charge in [-0.2, -0.15) is 0 Å². The first-order chi connectivity index (χ1) is 9.04. The first-order valence-electron chi connectivity index (χ1n) is 5.49. The number of nitrogens with one attached hydrogen (secondary N) is 2. The zero-order chi connectivity index (χ0) is 13.8. The molecule has 0 aliphatic rings. The highest BCUT2D eigenvalue weighted by atomic mass is 79.9. The Hall–Kier alpha value is -1.66. The van der Waals surface area contributed by atoms with Gasteiger partial charge in [0.05, 0.1) is 8.66 Å². The van der Waals surface area contributed by atoms with Crippen LogP contribution in [-0.4, -0.2) is 11.8 Å². The largest absolute Gasteiger partial charge is 0.326 e. The lowest BCUT2D eigenvalue weighted by Crippen LogP contribution is -2.10. The maximum Gasteiger partial charge on any atom is 0.265 e. The van der Waals surface area contributed by atoms with E-state index in [1.807, 2.05) is 6.07 Å². The highest BCUT2D eigenvalue weighted by Crippen LogP contribution is 2.23. The Morgan fingerprint density at radius 3 is 2.05 bits per heavy atom. The van der Waals surface area contributed by atoms with Crippen LogP contribution in [0.1, 0.15) is 16.6 Å². The second kappa shape index (κ2) is 5.99. The zero-order valence-corrected chi connectivity index (χ0v) is 12.5. The molecule has 2 aromatic rings. The number of halogens is 1. The van der Waals surface area contributed by atoms with Gasteiger partial charge in [-0.3, -0.25) is 9.59 Å². The van der Waals surface area contributed by atoms with E-state index >= 15 is 0 Å². The highest BCUT2D eigenvalue weighted by molar-refractivity contribution is 9.11. The van der Waals surface area contributed by atoms with Gasteiger partial charge in [0.1, 0.15) is 0 Å². The monoisotopic (exact) mass is 338 g/mol. The molecule has 0 fully saturated rings. The Morgan fingerprint density at radius 1 is 1.00 bits per heavy atom. The van der Waals surface area contributed by atoms with E-state index in [1.54, 1.807) is 30.3 Å². The summed E-state index contributed by atoms with van der Waals surface area (Å²) in [5.41, 5.74) is 1.38. The fraction of sp³-hybridized carbons (Fsp3) is 0.0769. The van der Waals surface area contributed by atoms with Crippen LogP contribution in [0.5, 0.6) is 0 Å². The second-order valence-corrected chi connectivity index (χ2v) is 6.28. The summed E-state index contributed by atoms with van der Waals surface area (Å²) in [6, 6.07) is 10.6. The minimum atomic E-state index is -0.150. The van der Waals surface area contributed by atoms with E-state index in [0.29, 0.717) is 16.3 Å². The number of hydrogen-bond donors (Lipinski definition) is 2. The fourth-order valence-corrected chi connectivity index (χ4v) is 2.75. The number of thiophene rings is 1. The third-order valence-electron chi connectivity index (χ3n) is 2.26. The number of anilines is 2. The zero-order valence-electron chi connectivity index (χ0n) is 10.1. The van der Waals surface area contributed by atoms with Crippen molar-refractivity contribution in [2.24, 2.45) is 0 Å². The van der Waals surface area contributed by atoms with Crippen molar-refractivity contribution in [1.29, 1.82) is 0 Å². The molecule has 2 amide bonds. The van der Waals surface area contributed by atoms with Gasteiger partial charge in [0.2, 0.25) is 5.91 Å². The van der Waals surface area contributed by atoms with Crippen molar-refractivity contribution in [3.8, 4) is 0 Å². The summed E-state index contributed by atoms with van der Waals surface area (Å²) in [5, 5.41) is 5.45. The molecule has 0 spiro atoms. The Morgan fingerprint density at radius 2 is 1.58 bits per heavy atom. The molecule has 0 saturated heterocycles. The molecule has 4 nitrogen and oxygen atoms in total. The molecule has 2 rings (SSSR count). The van der Waals surface area contributed by atoms with E-state index < -0.39 is 0 Å². The Balaban J connectivity index is 2.03. The van der Waals surface area contributed by atoms with Gasteiger partial charge in [0.25, 0.3) is 5.91 Å². The average molecular weight is 339 g/mol. The molecule has 1 aromatic heterocycles. The summed E-state index contributed by atoms with van der Waals surface area (Å²) in [7, 11) is 0. The molecule has 19 heavy (non-hydrogen) atoms. The molecule has 1 heterocycles. The van der Waals surface area contributed by atoms with Gasteiger partial charge in [0, 0.05) is 18.3 Å². The third kappa shape index (κ3) is 3.90. The molecule has 0 unspecified atom stereocenters. The summed E-state index contributed by atoms with van der Waals surface area (Å²) < 4.78 is 0.915. The SMILES string of the molecule is CC(=O)Nc1ccc(NC(=O)c2ccc(Br)s2)cc1. The molecule has 6 heteroatoms. The summed E-state index contributed by atoms with van der Waals surface area (Å²) in [5.74, 6) is -0.275. The first-order valence-corrected chi connectivity index (χ1v) is 7.10. The minimum Gasteiger partial charge on any atom is -0.326 e. The van der Waals surface area contributed by atoms with E-state index in [0.717, 1.165) is 3.79 Å². The molecule has 0 aliphatic heterocycles. The van der Waals surface area contributed by atoms with E-state index in [-0.39, 0.29) is 11.8 Å². The van der Waals surface area contributed by atoms with Gasteiger partial charge < -0.3 is 10.6 Å². The molecule has 2 N–H and O–H groups in total. The van der Waals surface area contributed by atoms with Crippen LogP contribution in [0.25, 0.3) is 0 Å². The van der Waals surface area contributed by atoms with Gasteiger partial charge in [-0.05, 0) is 52.3 Å². The summed E-state index contributed by atoms with van der Waals surface area (Å²) in [6.45, 7) is 1.45. The van der Waals surface area contributed by atoms with Gasteiger partial charge in [-0.1, -0.05) is 0 Å². The number of hydrogen-bond acceptors (Lipinski definition) is 3. The first kappa shape index (κ1) is 13.8. The highest BCUT2D eigenvalue weighted by Gasteiger charge is 2.08. The molecule has 0 bridgehead atoms. The van der Waals surface area contributed by atoms with Crippen molar-refractivity contribution in [3.63, 3.8) is 0 Å². The smallest absolute Gasteiger partial charge is 0.265 e. The Bertz CT molecular complexity index is 607. The molecule has 98 valence electrons. The Labute approximate surface area is 123 Å². The second-order valence-electron chi connectivity index (χ2n) is 3.82. The number of carbonyl (C=O) groups is 2. The van der Waals surface area contributed by atoms with Crippen molar-refractivity contribution in [2.75, 3.05) is 10.6 Å². The molecule has 0 aliphatic carbocycles. The lowest BCUT2D eigenvalue weighted by atomic mass is 10.2. The van der Waals surface area contributed by atoms with E-state index in [1.165, 1.54) is 18.3 Å². The molecule has 1 aromatic carbocycles. The van der Waals surface area contributed by atoms with Crippen LogP contribution >= 0.6 is 27.3 Å². The van der Waals surface area contributed by atoms with E-state index in [9.17, 15) is 9.59 Å². The summed E-state index contributed by atoms with van der Waals surface area (Å²) in [6.07, 6.45) is 0. The van der Waals surface area contributed by atoms with Crippen LogP contribution in [0.15, 0.2) is 40.2 Å². The van der Waals surface area contributed by atoms with Gasteiger partial charge in [-0.25, -0.2) is 0 Å². The number of carbonyl (C=O) groups excluding carboxylic acids is 2. The molecule has 0 radical (unpaired) electrons. The maximum atomic E-state index is 11.9. The van der Waals surface area contributed by atoms with Gasteiger partial charge >= 0.3 is 0 Å². The van der Waals surface area contributed by atoms with E-state index in [2.05, 4.69) is 26.6 Å². The van der Waals surface area contributed by atoms with Crippen molar-refractivity contribution in [2.45, 2.75) is 6.92 Å². The normalized spacial score (nSPS) is 10.0. The third-order valence-corrected chi connectivity index (χ3v) is 3.88. The van der Waals surface area contributed by atoms with Crippen LogP contribution in [0.2, 0.25) is 0 Å². The molecular formula is C13H11BrN2O2S. The van der Waals surface area contributed by atoms with Crippen molar-refractivity contribution < 1.29 is 9.59 Å². The average Bonchev–Trinajstić information content (AvgIpc) is 2.78. The van der Waals surface area contributed by atoms with Crippen molar-refractivity contribution in [1.82, 2.24) is 0 Å². The number of amides is 2. The quantitative estimate of drug-likeness (QED) is 0.895. The van der Waals surface area contributed by atoms with Crippen LogP contribution in [0.4, 0.5) is 11.4 Å². The van der Waals surface area contributed by atoms with Crippen molar-refractivity contribution in [3.05, 3.63) is 45.1 Å². The molecular weight excluding hydrogens is 328 g/mol. The van der Waals surface area contributed by atoms with Crippen LogP contribution in [-0.2, 0) is 4.79 Å². The molecule has 0 saturated carbocycles. The lowest BCUT2D eigenvalue weighted by molar-refractivity contribution is -0.114. The summed E-state index contributed by atoms with van der Waals surface area (Å²) >= 11 is 4.69. The summed E-state index contributed by atoms with van der Waals surface area (Å²) in [4.78, 5) is 23.4. The number of rotatable bonds is 3. The topological polar surface area (TPSA) is 58.2 Å². The van der Waals surface area contributed by atoms with Gasteiger partial charge in [-0.15, -0.1) is 11.3 Å². The van der Waals surface area contributed by atoms with E-state index in [4.69, 9.17) is 0 Å². The standard InChI is InChI=1S/C13H11BrN2O2S/c1-8(17)15-9-2-4-10(5-3-9)16-13(18)11-6-7-12(14)19-11/h2-7H,1H3,(H,15,17)(H,16,18). The minimum absolute atomic E-state index is 0.125. The molecule has 0 atom stereocenters. The maximum absolute atomic E-state index is 11.9. The van der Waals surface area contributed by atoms with Crippen LogP contribution < -0.4 is 10.6 Å². The predicted molar refractivity (Wildman–Crippen MR) is 80.7 cm³/mol. The Kier molecular flexibility index (Phi) is 4.34.